The minimum absolute atomic E-state index is 0.359. The zero-order valence-electron chi connectivity index (χ0n) is 15.4. The first-order valence-electron chi connectivity index (χ1n) is 9.12. The van der Waals surface area contributed by atoms with Gasteiger partial charge >= 0.3 is 0 Å². The molecule has 1 saturated heterocycles. The molecule has 1 fully saturated rings. The van der Waals surface area contributed by atoms with Crippen molar-refractivity contribution < 1.29 is 0 Å². The summed E-state index contributed by atoms with van der Waals surface area (Å²) >= 11 is 6.12. The standard InChI is InChI=1S/C20H26ClN5/c1-3-22-20(23-13-17-8-4-6-15(2)24-17)25-18-10-11-26(14-18)19-9-5-7-16(21)12-19/h4-9,12,18H,3,10-11,13-14H2,1-2H3,(H2,22,23,25). The average Bonchev–Trinajstić information content (AvgIpc) is 3.09. The summed E-state index contributed by atoms with van der Waals surface area (Å²) in [6, 6.07) is 14.4. The number of rotatable bonds is 5. The molecule has 1 atom stereocenters. The normalized spacial score (nSPS) is 17.4. The monoisotopic (exact) mass is 371 g/mol. The van der Waals surface area contributed by atoms with E-state index in [4.69, 9.17) is 16.6 Å². The van der Waals surface area contributed by atoms with E-state index in [-0.39, 0.29) is 0 Å². The number of nitrogens with zero attached hydrogens (tertiary/aromatic N) is 3. The Labute approximate surface area is 160 Å². The molecule has 1 unspecified atom stereocenters. The van der Waals surface area contributed by atoms with Gasteiger partial charge in [-0.1, -0.05) is 23.7 Å². The number of aryl methyl sites for hydroxylation is 1. The van der Waals surface area contributed by atoms with E-state index in [1.54, 1.807) is 0 Å². The van der Waals surface area contributed by atoms with Gasteiger partial charge in [0.2, 0.25) is 0 Å². The predicted octanol–water partition coefficient (Wildman–Crippen LogP) is 3.38. The van der Waals surface area contributed by atoms with Crippen molar-refractivity contribution in [2.45, 2.75) is 32.9 Å². The molecule has 0 spiro atoms. The minimum atomic E-state index is 0.359. The molecule has 2 aromatic rings. The fourth-order valence-electron chi connectivity index (χ4n) is 3.15. The third kappa shape index (κ3) is 5.11. The molecule has 1 aliphatic heterocycles. The van der Waals surface area contributed by atoms with E-state index in [1.165, 1.54) is 5.69 Å². The summed E-state index contributed by atoms with van der Waals surface area (Å²) in [5, 5.41) is 7.66. The summed E-state index contributed by atoms with van der Waals surface area (Å²) in [6.07, 6.45) is 1.07. The second kappa shape index (κ2) is 8.90. The van der Waals surface area contributed by atoms with Crippen molar-refractivity contribution in [2.75, 3.05) is 24.5 Å². The number of aromatic nitrogens is 1. The number of aliphatic imine (C=N–C) groups is 1. The molecule has 138 valence electrons. The second-order valence-corrected chi connectivity index (χ2v) is 6.96. The topological polar surface area (TPSA) is 52.6 Å². The summed E-state index contributed by atoms with van der Waals surface area (Å²) in [4.78, 5) is 11.6. The lowest BCUT2D eigenvalue weighted by Crippen LogP contribution is -2.44. The molecule has 2 N–H and O–H groups in total. The average molecular weight is 372 g/mol. The van der Waals surface area contributed by atoms with Crippen molar-refractivity contribution in [3.05, 3.63) is 58.9 Å². The fraction of sp³-hybridized carbons (Fsp3) is 0.400. The Morgan fingerprint density at radius 2 is 2.15 bits per heavy atom. The van der Waals surface area contributed by atoms with E-state index in [1.807, 2.05) is 43.3 Å². The first kappa shape index (κ1) is 18.5. The summed E-state index contributed by atoms with van der Waals surface area (Å²) in [7, 11) is 0. The van der Waals surface area contributed by atoms with Gasteiger partial charge in [-0.2, -0.15) is 0 Å². The second-order valence-electron chi connectivity index (χ2n) is 6.52. The van der Waals surface area contributed by atoms with Gasteiger partial charge in [0.25, 0.3) is 0 Å². The van der Waals surface area contributed by atoms with Crippen LogP contribution in [0.4, 0.5) is 5.69 Å². The van der Waals surface area contributed by atoms with E-state index >= 15 is 0 Å². The molecule has 2 heterocycles. The number of pyridine rings is 1. The highest BCUT2D eigenvalue weighted by Crippen LogP contribution is 2.23. The zero-order valence-corrected chi connectivity index (χ0v) is 16.1. The van der Waals surface area contributed by atoms with Crippen molar-refractivity contribution in [3.8, 4) is 0 Å². The van der Waals surface area contributed by atoms with Crippen molar-refractivity contribution in [1.29, 1.82) is 0 Å². The molecular weight excluding hydrogens is 346 g/mol. The highest BCUT2D eigenvalue weighted by molar-refractivity contribution is 6.30. The Hall–Kier alpha value is -2.27. The van der Waals surface area contributed by atoms with Gasteiger partial charge in [0.15, 0.2) is 5.96 Å². The summed E-state index contributed by atoms with van der Waals surface area (Å²) in [6.45, 7) is 7.43. The summed E-state index contributed by atoms with van der Waals surface area (Å²) < 4.78 is 0. The first-order valence-corrected chi connectivity index (χ1v) is 9.49. The van der Waals surface area contributed by atoms with Crippen molar-refractivity contribution in [1.82, 2.24) is 15.6 Å². The van der Waals surface area contributed by atoms with Crippen molar-refractivity contribution >= 4 is 23.2 Å². The number of nitrogens with one attached hydrogen (secondary N) is 2. The Morgan fingerprint density at radius 3 is 2.92 bits per heavy atom. The lowest BCUT2D eigenvalue weighted by molar-refractivity contribution is 0.648. The third-order valence-electron chi connectivity index (χ3n) is 4.39. The van der Waals surface area contributed by atoms with E-state index < -0.39 is 0 Å². The Morgan fingerprint density at radius 1 is 1.31 bits per heavy atom. The maximum Gasteiger partial charge on any atom is 0.191 e. The van der Waals surface area contributed by atoms with Gasteiger partial charge in [-0.25, -0.2) is 4.99 Å². The van der Waals surface area contributed by atoms with Gasteiger partial charge in [-0.05, 0) is 50.6 Å². The van der Waals surface area contributed by atoms with Crippen LogP contribution in [0.3, 0.4) is 0 Å². The molecule has 6 heteroatoms. The van der Waals surface area contributed by atoms with E-state index in [0.29, 0.717) is 12.6 Å². The molecule has 0 bridgehead atoms. The molecule has 0 radical (unpaired) electrons. The van der Waals surface area contributed by atoms with Gasteiger partial charge < -0.3 is 15.5 Å². The number of benzene rings is 1. The van der Waals surface area contributed by atoms with Crippen LogP contribution in [0.5, 0.6) is 0 Å². The lowest BCUT2D eigenvalue weighted by atomic mass is 10.2. The molecule has 0 aliphatic carbocycles. The fourth-order valence-corrected chi connectivity index (χ4v) is 3.33. The minimum Gasteiger partial charge on any atom is -0.369 e. The quantitative estimate of drug-likeness (QED) is 0.625. The Kier molecular flexibility index (Phi) is 6.34. The molecule has 0 amide bonds. The van der Waals surface area contributed by atoms with Gasteiger partial charge in [-0.3, -0.25) is 4.98 Å². The van der Waals surface area contributed by atoms with Crippen LogP contribution < -0.4 is 15.5 Å². The van der Waals surface area contributed by atoms with Crippen LogP contribution in [0.15, 0.2) is 47.5 Å². The smallest absolute Gasteiger partial charge is 0.191 e. The Bertz CT molecular complexity index is 761. The molecule has 5 nitrogen and oxygen atoms in total. The number of guanidine groups is 1. The molecule has 1 aliphatic rings. The van der Waals surface area contributed by atoms with Crippen LogP contribution in [0.25, 0.3) is 0 Å². The maximum absolute atomic E-state index is 6.12. The number of halogens is 1. The van der Waals surface area contributed by atoms with Crippen LogP contribution in [-0.4, -0.2) is 36.6 Å². The molecular formula is C20H26ClN5. The highest BCUT2D eigenvalue weighted by Gasteiger charge is 2.23. The van der Waals surface area contributed by atoms with E-state index in [0.717, 1.165) is 48.4 Å². The molecule has 1 aromatic heterocycles. The number of hydrogen-bond donors (Lipinski definition) is 2. The molecule has 1 aromatic carbocycles. The van der Waals surface area contributed by atoms with Crippen LogP contribution in [0.2, 0.25) is 5.02 Å². The molecule has 3 rings (SSSR count). The first-order chi connectivity index (χ1) is 12.6. The number of hydrogen-bond acceptors (Lipinski definition) is 3. The molecule has 26 heavy (non-hydrogen) atoms. The SMILES string of the molecule is CCNC(=NCc1cccc(C)n1)NC1CCN(c2cccc(Cl)c2)C1. The van der Waals surface area contributed by atoms with E-state index in [9.17, 15) is 0 Å². The maximum atomic E-state index is 6.12. The Balaban J connectivity index is 1.60. The highest BCUT2D eigenvalue weighted by atomic mass is 35.5. The van der Waals surface area contributed by atoms with Crippen LogP contribution in [0.1, 0.15) is 24.7 Å². The van der Waals surface area contributed by atoms with Gasteiger partial charge in [0, 0.05) is 42.1 Å². The largest absolute Gasteiger partial charge is 0.369 e. The molecule has 0 saturated carbocycles. The van der Waals surface area contributed by atoms with Gasteiger partial charge in [-0.15, -0.1) is 0 Å². The van der Waals surface area contributed by atoms with Crippen LogP contribution in [-0.2, 0) is 6.54 Å². The van der Waals surface area contributed by atoms with Gasteiger partial charge in [0.05, 0.1) is 12.2 Å². The summed E-state index contributed by atoms with van der Waals surface area (Å²) in [5.41, 5.74) is 3.17. The van der Waals surface area contributed by atoms with Gasteiger partial charge in [0.1, 0.15) is 0 Å². The zero-order chi connectivity index (χ0) is 18.4. The van der Waals surface area contributed by atoms with E-state index in [2.05, 4.69) is 33.5 Å². The lowest BCUT2D eigenvalue weighted by Gasteiger charge is -2.20. The predicted molar refractivity (Wildman–Crippen MR) is 109 cm³/mol. The third-order valence-corrected chi connectivity index (χ3v) is 4.63. The summed E-state index contributed by atoms with van der Waals surface area (Å²) in [5.74, 6) is 0.841. The van der Waals surface area contributed by atoms with Crippen molar-refractivity contribution in [3.63, 3.8) is 0 Å². The number of anilines is 1. The van der Waals surface area contributed by atoms with Crippen molar-refractivity contribution in [2.24, 2.45) is 4.99 Å². The van der Waals surface area contributed by atoms with Crippen LogP contribution >= 0.6 is 11.6 Å². The van der Waals surface area contributed by atoms with Crippen LogP contribution in [0, 0.1) is 6.92 Å².